The zero-order chi connectivity index (χ0) is 15.2. The second-order valence-corrected chi connectivity index (χ2v) is 7.71. The van der Waals surface area contributed by atoms with Crippen LogP contribution < -0.4 is 5.32 Å². The summed E-state index contributed by atoms with van der Waals surface area (Å²) in [7, 11) is -1.69. The fraction of sp³-hybridized carbons (Fsp3) is 0.462. The smallest absolute Gasteiger partial charge is 0.251 e. The van der Waals surface area contributed by atoms with Crippen molar-refractivity contribution >= 4 is 31.7 Å². The lowest BCUT2D eigenvalue weighted by molar-refractivity contribution is 0.0951. The Kier molecular flexibility index (Phi) is 6.64. The summed E-state index contributed by atoms with van der Waals surface area (Å²) in [6.45, 7) is 1.06. The number of ether oxygens (including phenoxy) is 1. The molecule has 5 nitrogen and oxygen atoms in total. The Morgan fingerprint density at radius 1 is 1.45 bits per heavy atom. The first-order chi connectivity index (χ1) is 9.34. The highest BCUT2D eigenvalue weighted by Crippen LogP contribution is 2.11. The molecule has 7 heteroatoms. The van der Waals surface area contributed by atoms with Gasteiger partial charge in [-0.1, -0.05) is 22.0 Å². The number of methoxy groups -OCH3 is 1. The number of halogens is 1. The quantitative estimate of drug-likeness (QED) is 0.747. The first kappa shape index (κ1) is 17.1. The van der Waals surface area contributed by atoms with Gasteiger partial charge < -0.3 is 10.1 Å². The van der Waals surface area contributed by atoms with Gasteiger partial charge in [-0.2, -0.15) is 0 Å². The summed E-state index contributed by atoms with van der Waals surface area (Å²) in [6.07, 6.45) is 1.84. The molecule has 1 N–H and O–H groups in total. The monoisotopic (exact) mass is 363 g/mol. The molecule has 1 aromatic carbocycles. The van der Waals surface area contributed by atoms with Gasteiger partial charge in [0.15, 0.2) is 9.84 Å². The molecule has 1 atom stereocenters. The Labute approximate surface area is 127 Å². The van der Waals surface area contributed by atoms with Crippen molar-refractivity contribution in [1.82, 2.24) is 5.32 Å². The van der Waals surface area contributed by atoms with Crippen molar-refractivity contribution in [2.75, 3.05) is 26.5 Å². The zero-order valence-corrected chi connectivity index (χ0v) is 13.8. The lowest BCUT2D eigenvalue weighted by Crippen LogP contribution is -2.27. The molecule has 1 unspecified atom stereocenters. The van der Waals surface area contributed by atoms with Crippen LogP contribution in [0.5, 0.6) is 0 Å². The highest BCUT2D eigenvalue weighted by molar-refractivity contribution is 9.09. The van der Waals surface area contributed by atoms with Gasteiger partial charge in [0.1, 0.15) is 0 Å². The van der Waals surface area contributed by atoms with Crippen LogP contribution in [0.2, 0.25) is 0 Å². The Balaban J connectivity index is 2.60. The molecule has 1 amide bonds. The lowest BCUT2D eigenvalue weighted by Gasteiger charge is -2.10. The van der Waals surface area contributed by atoms with E-state index in [1.54, 1.807) is 19.2 Å². The molecule has 1 aromatic rings. The molecular weight excluding hydrogens is 346 g/mol. The summed E-state index contributed by atoms with van der Waals surface area (Å²) >= 11 is 3.43. The maximum atomic E-state index is 11.9. The van der Waals surface area contributed by atoms with Gasteiger partial charge in [0.05, 0.1) is 11.5 Å². The summed E-state index contributed by atoms with van der Waals surface area (Å²) in [5.74, 6) is -0.285. The average molecular weight is 364 g/mol. The molecule has 0 aromatic heterocycles. The predicted molar refractivity (Wildman–Crippen MR) is 81.1 cm³/mol. The van der Waals surface area contributed by atoms with Crippen molar-refractivity contribution in [1.29, 1.82) is 0 Å². The molecule has 0 aliphatic carbocycles. The van der Waals surface area contributed by atoms with Crippen LogP contribution in [-0.2, 0) is 14.6 Å². The number of alkyl halides is 1. The zero-order valence-electron chi connectivity index (χ0n) is 11.4. The Morgan fingerprint density at radius 2 is 2.15 bits per heavy atom. The van der Waals surface area contributed by atoms with Crippen molar-refractivity contribution < 1.29 is 17.9 Å². The van der Waals surface area contributed by atoms with E-state index in [1.807, 2.05) is 0 Å². The van der Waals surface area contributed by atoms with Gasteiger partial charge >= 0.3 is 0 Å². The molecule has 0 aliphatic rings. The third kappa shape index (κ3) is 5.60. The molecular formula is C13H18BrNO4S. The van der Waals surface area contributed by atoms with Gasteiger partial charge in [0.2, 0.25) is 0 Å². The van der Waals surface area contributed by atoms with Crippen molar-refractivity contribution in [2.24, 2.45) is 0 Å². The maximum Gasteiger partial charge on any atom is 0.251 e. The number of nitrogens with one attached hydrogen (secondary N) is 1. The molecule has 20 heavy (non-hydrogen) atoms. The highest BCUT2D eigenvalue weighted by Gasteiger charge is 2.11. The first-order valence-electron chi connectivity index (χ1n) is 6.06. The van der Waals surface area contributed by atoms with Crippen LogP contribution in [0.3, 0.4) is 0 Å². The largest absolute Gasteiger partial charge is 0.384 e. The fourth-order valence-corrected chi connectivity index (χ4v) is 2.74. The third-order valence-electron chi connectivity index (χ3n) is 2.62. The van der Waals surface area contributed by atoms with Gasteiger partial charge in [-0.15, -0.1) is 0 Å². The van der Waals surface area contributed by atoms with E-state index in [0.717, 1.165) is 12.7 Å². The fourth-order valence-electron chi connectivity index (χ4n) is 1.58. The van der Waals surface area contributed by atoms with Gasteiger partial charge in [0, 0.05) is 30.3 Å². The van der Waals surface area contributed by atoms with Crippen LogP contribution in [0.1, 0.15) is 16.8 Å². The number of rotatable bonds is 7. The van der Waals surface area contributed by atoms with Crippen LogP contribution in [0, 0.1) is 0 Å². The van der Waals surface area contributed by atoms with Crippen LogP contribution >= 0.6 is 15.9 Å². The van der Waals surface area contributed by atoms with Crippen LogP contribution in [0.4, 0.5) is 0 Å². The minimum atomic E-state index is -3.30. The normalized spacial score (nSPS) is 12.9. The van der Waals surface area contributed by atoms with E-state index in [2.05, 4.69) is 21.2 Å². The summed E-state index contributed by atoms with van der Waals surface area (Å²) in [5, 5.41) is 2.75. The number of sulfone groups is 1. The van der Waals surface area contributed by atoms with E-state index >= 15 is 0 Å². The van der Waals surface area contributed by atoms with Gasteiger partial charge in [-0.05, 0) is 24.6 Å². The van der Waals surface area contributed by atoms with Gasteiger partial charge in [-0.3, -0.25) is 4.79 Å². The number of hydrogen-bond acceptors (Lipinski definition) is 4. The molecule has 0 fully saturated rings. The molecule has 112 valence electrons. The van der Waals surface area contributed by atoms with Gasteiger partial charge in [-0.25, -0.2) is 8.42 Å². The summed E-state index contributed by atoms with van der Waals surface area (Å²) in [6, 6.07) is 6.00. The molecule has 0 saturated heterocycles. The lowest BCUT2D eigenvalue weighted by atomic mass is 10.2. The van der Waals surface area contributed by atoms with Crippen molar-refractivity contribution in [2.45, 2.75) is 16.1 Å². The molecule has 0 spiro atoms. The predicted octanol–water partition coefficient (Wildman–Crippen LogP) is 1.62. The summed E-state index contributed by atoms with van der Waals surface area (Å²) < 4.78 is 27.8. The van der Waals surface area contributed by atoms with Crippen LogP contribution in [-0.4, -0.2) is 45.7 Å². The Morgan fingerprint density at radius 3 is 2.75 bits per heavy atom. The topological polar surface area (TPSA) is 72.5 Å². The van der Waals surface area contributed by atoms with Crippen LogP contribution in [0.15, 0.2) is 29.2 Å². The first-order valence-corrected chi connectivity index (χ1v) is 8.86. The number of amides is 1. The average Bonchev–Trinajstić information content (AvgIpc) is 2.38. The second kappa shape index (κ2) is 7.75. The van der Waals surface area contributed by atoms with E-state index in [4.69, 9.17) is 4.74 Å². The molecule has 0 aliphatic heterocycles. The van der Waals surface area contributed by atoms with Crippen LogP contribution in [0.25, 0.3) is 0 Å². The van der Waals surface area contributed by atoms with Crippen molar-refractivity contribution in [3.8, 4) is 0 Å². The van der Waals surface area contributed by atoms with E-state index in [0.29, 0.717) is 18.7 Å². The Hall–Kier alpha value is -0.920. The van der Waals surface area contributed by atoms with Crippen molar-refractivity contribution in [3.63, 3.8) is 0 Å². The molecule has 0 radical (unpaired) electrons. The van der Waals surface area contributed by atoms with Crippen molar-refractivity contribution in [3.05, 3.63) is 29.8 Å². The maximum absolute atomic E-state index is 11.9. The Bertz CT molecular complexity index is 559. The highest BCUT2D eigenvalue weighted by atomic mass is 79.9. The number of hydrogen-bond donors (Lipinski definition) is 1. The molecule has 1 rings (SSSR count). The van der Waals surface area contributed by atoms with E-state index in [1.165, 1.54) is 12.1 Å². The number of carbonyl (C=O) groups is 1. The van der Waals surface area contributed by atoms with Gasteiger partial charge in [0.25, 0.3) is 5.91 Å². The second-order valence-electron chi connectivity index (χ2n) is 4.40. The summed E-state index contributed by atoms with van der Waals surface area (Å²) in [5.41, 5.74) is 0.339. The minimum Gasteiger partial charge on any atom is -0.384 e. The van der Waals surface area contributed by atoms with E-state index in [-0.39, 0.29) is 15.6 Å². The molecule has 0 saturated carbocycles. The number of carbonyl (C=O) groups excluding carboxylic acids is 1. The minimum absolute atomic E-state index is 0.142. The molecule has 0 bridgehead atoms. The van der Waals surface area contributed by atoms with E-state index < -0.39 is 9.84 Å². The standard InChI is InChI=1S/C13H18BrNO4S/c1-19-9-11(14)6-7-15-13(16)10-4-3-5-12(8-10)20(2,17)18/h3-5,8,11H,6-7,9H2,1-2H3,(H,15,16). The number of benzene rings is 1. The van der Waals surface area contributed by atoms with E-state index in [9.17, 15) is 13.2 Å². The molecule has 0 heterocycles. The SMILES string of the molecule is COCC(Br)CCNC(=O)c1cccc(S(C)(=O)=O)c1. The third-order valence-corrected chi connectivity index (χ3v) is 4.45. The summed E-state index contributed by atoms with van der Waals surface area (Å²) in [4.78, 5) is 12.2.